The molecule has 3 heteroatoms. The van der Waals surface area contributed by atoms with E-state index in [1.807, 2.05) is 12.1 Å². The number of halogens is 1. The molecule has 0 aliphatic rings. The number of rotatable bonds is 3. The van der Waals surface area contributed by atoms with Crippen molar-refractivity contribution in [3.05, 3.63) is 59.4 Å². The van der Waals surface area contributed by atoms with Gasteiger partial charge in [0.25, 0.3) is 0 Å². The Morgan fingerprint density at radius 2 is 2.00 bits per heavy atom. The van der Waals surface area contributed by atoms with Gasteiger partial charge >= 0.3 is 0 Å². The number of nitrogen functional groups attached to an aromatic ring is 1. The fraction of sp³-hybridized carbons (Fsp3) is 0.143. The molecule has 0 atom stereocenters. The summed E-state index contributed by atoms with van der Waals surface area (Å²) in [4.78, 5) is 1.19. The minimum atomic E-state index is -0.273. The monoisotopic (exact) mass is 247 g/mol. The average Bonchev–Trinajstić information content (AvgIpc) is 2.25. The standard InChI is InChI=1S/C14H14FNS/c1-10-3-2-4-14(5-10)17-9-11-6-12(15)8-13(16)7-11/h2-8H,9,16H2,1H3. The van der Waals surface area contributed by atoms with Crippen molar-refractivity contribution in [1.29, 1.82) is 0 Å². The lowest BCUT2D eigenvalue weighted by molar-refractivity contribution is 0.627. The fourth-order valence-corrected chi connectivity index (χ4v) is 2.57. The molecule has 88 valence electrons. The van der Waals surface area contributed by atoms with Gasteiger partial charge in [-0.1, -0.05) is 17.7 Å². The van der Waals surface area contributed by atoms with Crippen LogP contribution in [0.1, 0.15) is 11.1 Å². The molecule has 2 rings (SSSR count). The molecule has 0 unspecified atom stereocenters. The molecule has 0 fully saturated rings. The van der Waals surface area contributed by atoms with Gasteiger partial charge < -0.3 is 5.73 Å². The number of nitrogens with two attached hydrogens (primary N) is 1. The Hall–Kier alpha value is -1.48. The second-order valence-corrected chi connectivity index (χ2v) is 5.05. The van der Waals surface area contributed by atoms with Gasteiger partial charge in [-0.05, 0) is 42.8 Å². The first kappa shape index (κ1) is 12.0. The Morgan fingerprint density at radius 1 is 1.18 bits per heavy atom. The van der Waals surface area contributed by atoms with Crippen LogP contribution in [0.3, 0.4) is 0 Å². The molecule has 0 radical (unpaired) electrons. The van der Waals surface area contributed by atoms with Crippen molar-refractivity contribution >= 4 is 17.4 Å². The molecular formula is C14H14FNS. The van der Waals surface area contributed by atoms with Gasteiger partial charge in [-0.15, -0.1) is 11.8 Å². The van der Waals surface area contributed by atoms with E-state index in [4.69, 9.17) is 5.73 Å². The van der Waals surface area contributed by atoms with E-state index in [0.717, 1.165) is 11.3 Å². The Kier molecular flexibility index (Phi) is 3.69. The van der Waals surface area contributed by atoms with Gasteiger partial charge in [-0.25, -0.2) is 4.39 Å². The molecule has 0 aliphatic carbocycles. The molecule has 0 amide bonds. The van der Waals surface area contributed by atoms with Crippen molar-refractivity contribution < 1.29 is 4.39 Å². The highest BCUT2D eigenvalue weighted by molar-refractivity contribution is 7.98. The van der Waals surface area contributed by atoms with E-state index in [0.29, 0.717) is 5.69 Å². The number of hydrogen-bond acceptors (Lipinski definition) is 2. The van der Waals surface area contributed by atoms with Crippen LogP contribution in [-0.4, -0.2) is 0 Å². The van der Waals surface area contributed by atoms with Crippen LogP contribution in [-0.2, 0) is 5.75 Å². The van der Waals surface area contributed by atoms with Crippen molar-refractivity contribution in [2.75, 3.05) is 5.73 Å². The maximum Gasteiger partial charge on any atom is 0.125 e. The van der Waals surface area contributed by atoms with Crippen LogP contribution in [0.25, 0.3) is 0 Å². The molecule has 17 heavy (non-hydrogen) atoms. The predicted octanol–water partition coefficient (Wildman–Crippen LogP) is 4.01. The van der Waals surface area contributed by atoms with Crippen LogP contribution in [0.4, 0.5) is 10.1 Å². The molecule has 0 saturated carbocycles. The highest BCUT2D eigenvalue weighted by Gasteiger charge is 2.00. The molecule has 1 nitrogen and oxygen atoms in total. The largest absolute Gasteiger partial charge is 0.399 e. The zero-order valence-electron chi connectivity index (χ0n) is 9.61. The predicted molar refractivity (Wildman–Crippen MR) is 71.6 cm³/mol. The van der Waals surface area contributed by atoms with Gasteiger partial charge in [-0.2, -0.15) is 0 Å². The molecule has 2 aromatic rings. The van der Waals surface area contributed by atoms with Crippen LogP contribution in [0, 0.1) is 12.7 Å². The highest BCUT2D eigenvalue weighted by Crippen LogP contribution is 2.24. The van der Waals surface area contributed by atoms with Crippen molar-refractivity contribution in [1.82, 2.24) is 0 Å². The Labute approximate surface area is 105 Å². The summed E-state index contributed by atoms with van der Waals surface area (Å²) >= 11 is 1.68. The second-order valence-electron chi connectivity index (χ2n) is 4.00. The third kappa shape index (κ3) is 3.49. The van der Waals surface area contributed by atoms with Gasteiger partial charge in [0, 0.05) is 16.3 Å². The number of aryl methyl sites for hydroxylation is 1. The average molecular weight is 247 g/mol. The number of anilines is 1. The third-order valence-electron chi connectivity index (χ3n) is 2.37. The molecule has 2 N–H and O–H groups in total. The lowest BCUT2D eigenvalue weighted by atomic mass is 10.2. The first-order valence-corrected chi connectivity index (χ1v) is 6.36. The van der Waals surface area contributed by atoms with Crippen molar-refractivity contribution in [3.63, 3.8) is 0 Å². The second kappa shape index (κ2) is 5.23. The van der Waals surface area contributed by atoms with Crippen LogP contribution in [0.15, 0.2) is 47.4 Å². The molecule has 0 bridgehead atoms. The Balaban J connectivity index is 2.07. The van der Waals surface area contributed by atoms with E-state index in [1.165, 1.54) is 22.6 Å². The summed E-state index contributed by atoms with van der Waals surface area (Å²) in [5, 5.41) is 0. The van der Waals surface area contributed by atoms with Crippen molar-refractivity contribution in [3.8, 4) is 0 Å². The quantitative estimate of drug-likeness (QED) is 0.655. The van der Waals surface area contributed by atoms with E-state index in [1.54, 1.807) is 11.8 Å². The van der Waals surface area contributed by atoms with Crippen LogP contribution in [0.5, 0.6) is 0 Å². The summed E-state index contributed by atoms with van der Waals surface area (Å²) < 4.78 is 13.1. The summed E-state index contributed by atoms with van der Waals surface area (Å²) in [7, 11) is 0. The lowest BCUT2D eigenvalue weighted by Crippen LogP contribution is -1.90. The van der Waals surface area contributed by atoms with Gasteiger partial charge in [0.2, 0.25) is 0 Å². The topological polar surface area (TPSA) is 26.0 Å². The summed E-state index contributed by atoms with van der Waals surface area (Å²) in [5.74, 6) is 0.454. The molecular weight excluding hydrogens is 233 g/mol. The Morgan fingerprint density at radius 3 is 2.71 bits per heavy atom. The maximum absolute atomic E-state index is 13.1. The minimum absolute atomic E-state index is 0.273. The van der Waals surface area contributed by atoms with Crippen LogP contribution in [0.2, 0.25) is 0 Å². The number of thioether (sulfide) groups is 1. The molecule has 0 aromatic heterocycles. The first-order valence-electron chi connectivity index (χ1n) is 5.38. The molecule has 0 heterocycles. The van der Waals surface area contributed by atoms with E-state index in [2.05, 4.69) is 25.1 Å². The van der Waals surface area contributed by atoms with Crippen molar-refractivity contribution in [2.45, 2.75) is 17.6 Å². The molecule has 0 spiro atoms. The maximum atomic E-state index is 13.1. The number of hydrogen-bond donors (Lipinski definition) is 1. The fourth-order valence-electron chi connectivity index (χ4n) is 1.63. The summed E-state index contributed by atoms with van der Waals surface area (Å²) in [6.07, 6.45) is 0. The van der Waals surface area contributed by atoms with Crippen molar-refractivity contribution in [2.24, 2.45) is 0 Å². The number of benzene rings is 2. The first-order chi connectivity index (χ1) is 8.13. The third-order valence-corrected chi connectivity index (χ3v) is 3.44. The highest BCUT2D eigenvalue weighted by atomic mass is 32.2. The van der Waals surface area contributed by atoms with Crippen LogP contribution < -0.4 is 5.73 Å². The minimum Gasteiger partial charge on any atom is -0.399 e. The smallest absolute Gasteiger partial charge is 0.125 e. The van der Waals surface area contributed by atoms with Gasteiger partial charge in [0.1, 0.15) is 5.82 Å². The SMILES string of the molecule is Cc1cccc(SCc2cc(N)cc(F)c2)c1. The summed E-state index contributed by atoms with van der Waals surface area (Å²) in [5.41, 5.74) is 8.22. The van der Waals surface area contributed by atoms with Gasteiger partial charge in [-0.3, -0.25) is 0 Å². The molecule has 0 saturated heterocycles. The van der Waals surface area contributed by atoms with E-state index < -0.39 is 0 Å². The van der Waals surface area contributed by atoms with Gasteiger partial charge in [0.05, 0.1) is 0 Å². The summed E-state index contributed by atoms with van der Waals surface area (Å²) in [6.45, 7) is 2.06. The molecule has 2 aromatic carbocycles. The van der Waals surface area contributed by atoms with Gasteiger partial charge in [0.15, 0.2) is 0 Å². The molecule has 0 aliphatic heterocycles. The lowest BCUT2D eigenvalue weighted by Gasteiger charge is -2.04. The van der Waals surface area contributed by atoms with Crippen LogP contribution >= 0.6 is 11.8 Å². The normalized spacial score (nSPS) is 10.5. The van der Waals surface area contributed by atoms with E-state index in [9.17, 15) is 4.39 Å². The zero-order valence-corrected chi connectivity index (χ0v) is 10.4. The van der Waals surface area contributed by atoms with E-state index in [-0.39, 0.29) is 5.82 Å². The van der Waals surface area contributed by atoms with E-state index >= 15 is 0 Å². The zero-order chi connectivity index (χ0) is 12.3. The Bertz CT molecular complexity index is 505. The summed E-state index contributed by atoms with van der Waals surface area (Å²) in [6, 6.07) is 12.9.